The quantitative estimate of drug-likeness (QED) is 0.789. The van der Waals surface area contributed by atoms with Crippen molar-refractivity contribution in [3.05, 3.63) is 18.5 Å². The zero-order chi connectivity index (χ0) is 9.64. The number of rotatable bonds is 3. The minimum atomic E-state index is 0.326. The van der Waals surface area contributed by atoms with Crippen LogP contribution in [0.25, 0.3) is 0 Å². The SMILES string of the molecule is c1cnc(NCC2CCCCO2)nc1. The second-order valence-electron chi connectivity index (χ2n) is 3.44. The fourth-order valence-electron chi connectivity index (χ4n) is 1.56. The molecule has 0 radical (unpaired) electrons. The van der Waals surface area contributed by atoms with E-state index in [4.69, 9.17) is 4.74 Å². The predicted molar refractivity (Wildman–Crippen MR) is 54.1 cm³/mol. The molecule has 2 heterocycles. The van der Waals surface area contributed by atoms with Gasteiger partial charge in [0.25, 0.3) is 0 Å². The van der Waals surface area contributed by atoms with E-state index in [-0.39, 0.29) is 0 Å². The van der Waals surface area contributed by atoms with Crippen molar-refractivity contribution in [2.45, 2.75) is 25.4 Å². The first-order chi connectivity index (χ1) is 6.95. The van der Waals surface area contributed by atoms with Crippen molar-refractivity contribution in [3.63, 3.8) is 0 Å². The molecule has 0 bridgehead atoms. The van der Waals surface area contributed by atoms with Gasteiger partial charge in [0, 0.05) is 25.5 Å². The molecule has 2 rings (SSSR count). The topological polar surface area (TPSA) is 47.0 Å². The van der Waals surface area contributed by atoms with Crippen molar-refractivity contribution in [3.8, 4) is 0 Å². The van der Waals surface area contributed by atoms with Gasteiger partial charge in [0.1, 0.15) is 0 Å². The monoisotopic (exact) mass is 193 g/mol. The lowest BCUT2D eigenvalue weighted by atomic mass is 10.1. The van der Waals surface area contributed by atoms with Crippen LogP contribution in [0.5, 0.6) is 0 Å². The molecule has 4 heteroatoms. The molecular formula is C10H15N3O. The van der Waals surface area contributed by atoms with Gasteiger partial charge in [-0.15, -0.1) is 0 Å². The molecule has 0 saturated carbocycles. The Hall–Kier alpha value is -1.16. The van der Waals surface area contributed by atoms with Crippen molar-refractivity contribution in [2.75, 3.05) is 18.5 Å². The van der Waals surface area contributed by atoms with Crippen molar-refractivity contribution >= 4 is 5.95 Å². The third-order valence-corrected chi connectivity index (χ3v) is 2.33. The maximum atomic E-state index is 5.58. The summed E-state index contributed by atoms with van der Waals surface area (Å²) >= 11 is 0. The first-order valence-electron chi connectivity index (χ1n) is 5.07. The highest BCUT2D eigenvalue weighted by molar-refractivity contribution is 5.22. The molecule has 76 valence electrons. The van der Waals surface area contributed by atoms with Gasteiger partial charge < -0.3 is 10.1 Å². The van der Waals surface area contributed by atoms with Gasteiger partial charge in [-0.25, -0.2) is 9.97 Å². The fraction of sp³-hybridized carbons (Fsp3) is 0.600. The summed E-state index contributed by atoms with van der Waals surface area (Å²) in [7, 11) is 0. The van der Waals surface area contributed by atoms with Crippen LogP contribution in [-0.2, 0) is 4.74 Å². The smallest absolute Gasteiger partial charge is 0.222 e. The lowest BCUT2D eigenvalue weighted by Gasteiger charge is -2.22. The van der Waals surface area contributed by atoms with E-state index in [1.165, 1.54) is 12.8 Å². The van der Waals surface area contributed by atoms with Crippen molar-refractivity contribution in [1.82, 2.24) is 9.97 Å². The van der Waals surface area contributed by atoms with Gasteiger partial charge in [0.15, 0.2) is 0 Å². The maximum absolute atomic E-state index is 5.58. The molecule has 4 nitrogen and oxygen atoms in total. The summed E-state index contributed by atoms with van der Waals surface area (Å²) in [5.74, 6) is 0.682. The van der Waals surface area contributed by atoms with E-state index in [0.717, 1.165) is 19.6 Å². The lowest BCUT2D eigenvalue weighted by molar-refractivity contribution is 0.0246. The van der Waals surface area contributed by atoms with Crippen LogP contribution in [-0.4, -0.2) is 29.2 Å². The highest BCUT2D eigenvalue weighted by Gasteiger charge is 2.13. The molecule has 1 saturated heterocycles. The van der Waals surface area contributed by atoms with Gasteiger partial charge in [-0.1, -0.05) is 0 Å². The zero-order valence-electron chi connectivity index (χ0n) is 8.15. The average Bonchev–Trinajstić information content (AvgIpc) is 2.29. The third-order valence-electron chi connectivity index (χ3n) is 2.33. The number of anilines is 1. The summed E-state index contributed by atoms with van der Waals surface area (Å²) in [6.07, 6.45) is 7.39. The van der Waals surface area contributed by atoms with Gasteiger partial charge in [0.2, 0.25) is 5.95 Å². The molecule has 0 aliphatic carbocycles. The minimum absolute atomic E-state index is 0.326. The second-order valence-corrected chi connectivity index (χ2v) is 3.44. The molecule has 1 aliphatic heterocycles. The normalized spacial score (nSPS) is 21.9. The molecule has 1 aromatic heterocycles. The highest BCUT2D eigenvalue weighted by atomic mass is 16.5. The zero-order valence-corrected chi connectivity index (χ0v) is 8.15. The van der Waals surface area contributed by atoms with Crippen LogP contribution in [0, 0.1) is 0 Å². The van der Waals surface area contributed by atoms with Crippen LogP contribution in [0.1, 0.15) is 19.3 Å². The Bertz CT molecular complexity index is 259. The van der Waals surface area contributed by atoms with E-state index < -0.39 is 0 Å². The van der Waals surface area contributed by atoms with E-state index >= 15 is 0 Å². The molecule has 1 aliphatic rings. The summed E-state index contributed by atoms with van der Waals surface area (Å²) in [4.78, 5) is 8.17. The van der Waals surface area contributed by atoms with Gasteiger partial charge in [-0.05, 0) is 25.3 Å². The molecule has 1 atom stereocenters. The Morgan fingerprint density at radius 2 is 2.21 bits per heavy atom. The van der Waals surface area contributed by atoms with E-state index in [2.05, 4.69) is 15.3 Å². The molecular weight excluding hydrogens is 178 g/mol. The Morgan fingerprint density at radius 3 is 2.93 bits per heavy atom. The van der Waals surface area contributed by atoms with Crippen LogP contribution in [0.15, 0.2) is 18.5 Å². The van der Waals surface area contributed by atoms with Crippen LogP contribution < -0.4 is 5.32 Å². The standard InChI is InChI=1S/C10H15N3O/c1-2-7-14-9(4-1)8-13-10-11-5-3-6-12-10/h3,5-6,9H,1-2,4,7-8H2,(H,11,12,13). The van der Waals surface area contributed by atoms with Crippen LogP contribution in [0.2, 0.25) is 0 Å². The van der Waals surface area contributed by atoms with Crippen LogP contribution >= 0.6 is 0 Å². The molecule has 1 fully saturated rings. The molecule has 1 aromatic rings. The highest BCUT2D eigenvalue weighted by Crippen LogP contribution is 2.12. The van der Waals surface area contributed by atoms with Crippen LogP contribution in [0.4, 0.5) is 5.95 Å². The molecule has 0 aromatic carbocycles. The molecule has 14 heavy (non-hydrogen) atoms. The Kier molecular flexibility index (Phi) is 3.29. The molecule has 1 N–H and O–H groups in total. The summed E-state index contributed by atoms with van der Waals surface area (Å²) < 4.78 is 5.58. The number of aromatic nitrogens is 2. The number of hydrogen-bond donors (Lipinski definition) is 1. The largest absolute Gasteiger partial charge is 0.376 e. The van der Waals surface area contributed by atoms with Gasteiger partial charge >= 0.3 is 0 Å². The van der Waals surface area contributed by atoms with Gasteiger partial charge in [-0.2, -0.15) is 0 Å². The number of hydrogen-bond acceptors (Lipinski definition) is 4. The number of nitrogens with one attached hydrogen (secondary N) is 1. The Balaban J connectivity index is 1.76. The predicted octanol–water partition coefficient (Wildman–Crippen LogP) is 1.46. The third kappa shape index (κ3) is 2.67. The maximum Gasteiger partial charge on any atom is 0.222 e. The van der Waals surface area contributed by atoms with Crippen molar-refractivity contribution < 1.29 is 4.74 Å². The average molecular weight is 193 g/mol. The summed E-state index contributed by atoms with van der Waals surface area (Å²) in [5, 5.41) is 3.17. The first kappa shape index (κ1) is 9.40. The Morgan fingerprint density at radius 1 is 1.36 bits per heavy atom. The Labute approximate surface area is 83.7 Å². The van der Waals surface area contributed by atoms with Gasteiger partial charge in [0.05, 0.1) is 6.10 Å². The van der Waals surface area contributed by atoms with Gasteiger partial charge in [-0.3, -0.25) is 0 Å². The van der Waals surface area contributed by atoms with E-state index in [9.17, 15) is 0 Å². The van der Waals surface area contributed by atoms with Crippen molar-refractivity contribution in [2.24, 2.45) is 0 Å². The molecule has 0 spiro atoms. The fourth-order valence-corrected chi connectivity index (χ4v) is 1.56. The summed E-state index contributed by atoms with van der Waals surface area (Å²) in [6.45, 7) is 1.70. The minimum Gasteiger partial charge on any atom is -0.376 e. The molecule has 1 unspecified atom stereocenters. The lowest BCUT2D eigenvalue weighted by Crippen LogP contribution is -2.27. The summed E-state index contributed by atoms with van der Waals surface area (Å²) in [5.41, 5.74) is 0. The van der Waals surface area contributed by atoms with Crippen LogP contribution in [0.3, 0.4) is 0 Å². The van der Waals surface area contributed by atoms with E-state index in [1.807, 2.05) is 6.07 Å². The number of nitrogens with zero attached hydrogens (tertiary/aromatic N) is 2. The van der Waals surface area contributed by atoms with E-state index in [0.29, 0.717) is 12.1 Å². The molecule has 0 amide bonds. The summed E-state index contributed by atoms with van der Waals surface area (Å²) in [6, 6.07) is 1.81. The number of ether oxygens (including phenoxy) is 1. The van der Waals surface area contributed by atoms with E-state index in [1.54, 1.807) is 12.4 Å². The second kappa shape index (κ2) is 4.91. The first-order valence-corrected chi connectivity index (χ1v) is 5.07. The van der Waals surface area contributed by atoms with Crippen molar-refractivity contribution in [1.29, 1.82) is 0 Å².